The van der Waals surface area contributed by atoms with Gasteiger partial charge < -0.3 is 21.1 Å². The number of nitrogens with zero attached hydrogens (tertiary/aromatic N) is 2. The Bertz CT molecular complexity index is 515. The minimum absolute atomic E-state index is 0.492. The number of nitrogens with two attached hydrogens (primary N) is 1. The largest absolute Gasteiger partial charge is 0.439 e. The highest BCUT2D eigenvalue weighted by molar-refractivity contribution is 5.46. The highest BCUT2D eigenvalue weighted by Crippen LogP contribution is 2.22. The van der Waals surface area contributed by atoms with Crippen LogP contribution in [-0.4, -0.2) is 30.1 Å². The molecule has 0 bridgehead atoms. The van der Waals surface area contributed by atoms with Gasteiger partial charge in [-0.05, 0) is 24.3 Å². The Morgan fingerprint density at radius 3 is 2.68 bits per heavy atom. The predicted molar refractivity (Wildman–Crippen MR) is 75.6 cm³/mol. The van der Waals surface area contributed by atoms with E-state index in [4.69, 9.17) is 10.5 Å². The Kier molecular flexibility index (Phi) is 4.52. The maximum atomic E-state index is 5.65. The number of nitrogens with one attached hydrogen (secondary N) is 2. The van der Waals surface area contributed by atoms with Crippen LogP contribution in [0.15, 0.2) is 36.7 Å². The molecule has 2 rings (SSSR count). The molecule has 1 heterocycles. The molecule has 0 spiro atoms. The summed E-state index contributed by atoms with van der Waals surface area (Å²) >= 11 is 0. The molecule has 0 atom stereocenters. The Hall–Kier alpha value is -2.34. The Morgan fingerprint density at radius 2 is 2.00 bits per heavy atom. The van der Waals surface area contributed by atoms with Crippen molar-refractivity contribution in [3.8, 4) is 11.6 Å². The molecule has 2 aromatic rings. The van der Waals surface area contributed by atoms with Gasteiger partial charge in [0, 0.05) is 31.9 Å². The summed E-state index contributed by atoms with van der Waals surface area (Å²) in [6.07, 6.45) is 1.45. The van der Waals surface area contributed by atoms with E-state index >= 15 is 0 Å². The molecule has 0 radical (unpaired) electrons. The average molecular weight is 259 g/mol. The molecular weight excluding hydrogens is 242 g/mol. The maximum Gasteiger partial charge on any atom is 0.224 e. The molecule has 6 heteroatoms. The van der Waals surface area contributed by atoms with E-state index in [0.717, 1.165) is 11.4 Å². The van der Waals surface area contributed by atoms with Crippen molar-refractivity contribution in [1.82, 2.24) is 9.97 Å². The molecular formula is C13H17N5O. The Labute approximate surface area is 112 Å². The molecule has 4 N–H and O–H groups in total. The maximum absolute atomic E-state index is 5.65. The van der Waals surface area contributed by atoms with Gasteiger partial charge in [0.15, 0.2) is 0 Å². The lowest BCUT2D eigenvalue weighted by Gasteiger charge is -2.07. The first-order valence-corrected chi connectivity index (χ1v) is 6.03. The van der Waals surface area contributed by atoms with E-state index in [2.05, 4.69) is 20.6 Å². The van der Waals surface area contributed by atoms with E-state index in [0.29, 0.717) is 24.8 Å². The van der Waals surface area contributed by atoms with Crippen LogP contribution in [0.1, 0.15) is 0 Å². The summed E-state index contributed by atoms with van der Waals surface area (Å²) in [4.78, 5) is 8.14. The third-order valence-electron chi connectivity index (χ3n) is 2.46. The number of ether oxygens (including phenoxy) is 1. The molecule has 0 fully saturated rings. The van der Waals surface area contributed by atoms with Crippen molar-refractivity contribution in [1.29, 1.82) is 0 Å². The third kappa shape index (κ3) is 3.82. The van der Waals surface area contributed by atoms with E-state index in [1.54, 1.807) is 6.07 Å². The van der Waals surface area contributed by atoms with Crippen LogP contribution in [0.4, 0.5) is 11.5 Å². The number of aromatic nitrogens is 2. The SMILES string of the molecule is CNc1ccc(Oc2cc(NCCN)ncn2)cc1. The highest BCUT2D eigenvalue weighted by atomic mass is 16.5. The topological polar surface area (TPSA) is 85.1 Å². The standard InChI is InChI=1S/C13H17N5O/c1-15-10-2-4-11(5-3-10)19-13-8-12(16-7-6-14)17-9-18-13/h2-5,8-9,15H,6-7,14H2,1H3,(H,16,17,18). The zero-order valence-electron chi connectivity index (χ0n) is 10.8. The van der Waals surface area contributed by atoms with E-state index < -0.39 is 0 Å². The monoisotopic (exact) mass is 259 g/mol. The second-order valence-corrected chi connectivity index (χ2v) is 3.83. The molecule has 0 unspecified atom stereocenters. The zero-order valence-corrected chi connectivity index (χ0v) is 10.8. The van der Waals surface area contributed by atoms with Crippen LogP contribution in [-0.2, 0) is 0 Å². The summed E-state index contributed by atoms with van der Waals surface area (Å²) in [7, 11) is 1.87. The Morgan fingerprint density at radius 1 is 1.21 bits per heavy atom. The third-order valence-corrected chi connectivity index (χ3v) is 2.46. The van der Waals surface area contributed by atoms with Gasteiger partial charge in [0.2, 0.25) is 5.88 Å². The van der Waals surface area contributed by atoms with Crippen molar-refractivity contribution >= 4 is 11.5 Å². The molecule has 0 amide bonds. The fourth-order valence-electron chi connectivity index (χ4n) is 1.50. The van der Waals surface area contributed by atoms with Gasteiger partial charge in [-0.15, -0.1) is 0 Å². The number of hydrogen-bond donors (Lipinski definition) is 3. The van der Waals surface area contributed by atoms with Gasteiger partial charge in [-0.3, -0.25) is 0 Å². The summed E-state index contributed by atoms with van der Waals surface area (Å²) in [5.41, 5.74) is 6.45. The van der Waals surface area contributed by atoms with E-state index in [9.17, 15) is 0 Å². The van der Waals surface area contributed by atoms with Gasteiger partial charge >= 0.3 is 0 Å². The second-order valence-electron chi connectivity index (χ2n) is 3.83. The van der Waals surface area contributed by atoms with Gasteiger partial charge in [0.25, 0.3) is 0 Å². The van der Waals surface area contributed by atoms with E-state index in [1.165, 1.54) is 6.33 Å². The first-order valence-electron chi connectivity index (χ1n) is 6.03. The molecule has 0 saturated carbocycles. The molecule has 1 aromatic heterocycles. The minimum atomic E-state index is 0.492. The molecule has 6 nitrogen and oxygen atoms in total. The van der Waals surface area contributed by atoms with Crippen LogP contribution >= 0.6 is 0 Å². The molecule has 0 saturated heterocycles. The lowest BCUT2D eigenvalue weighted by Crippen LogP contribution is -2.13. The number of rotatable bonds is 6. The summed E-state index contributed by atoms with van der Waals surface area (Å²) in [6.45, 7) is 1.21. The van der Waals surface area contributed by atoms with Gasteiger partial charge in [-0.1, -0.05) is 0 Å². The van der Waals surface area contributed by atoms with E-state index in [-0.39, 0.29) is 0 Å². The fraction of sp³-hybridized carbons (Fsp3) is 0.231. The predicted octanol–water partition coefficient (Wildman–Crippen LogP) is 1.68. The summed E-state index contributed by atoms with van der Waals surface area (Å²) in [5, 5.41) is 6.12. The van der Waals surface area contributed by atoms with Crippen LogP contribution in [0.25, 0.3) is 0 Å². The first kappa shape index (κ1) is 13.1. The zero-order chi connectivity index (χ0) is 13.5. The van der Waals surface area contributed by atoms with Crippen molar-refractivity contribution in [3.63, 3.8) is 0 Å². The van der Waals surface area contributed by atoms with Crippen LogP contribution in [0, 0.1) is 0 Å². The number of anilines is 2. The lowest BCUT2D eigenvalue weighted by molar-refractivity contribution is 0.462. The van der Waals surface area contributed by atoms with Crippen molar-refractivity contribution in [3.05, 3.63) is 36.7 Å². The Balaban J connectivity index is 2.05. The minimum Gasteiger partial charge on any atom is -0.439 e. The summed E-state index contributed by atoms with van der Waals surface area (Å²) in [6, 6.07) is 9.36. The van der Waals surface area contributed by atoms with E-state index in [1.807, 2.05) is 31.3 Å². The van der Waals surface area contributed by atoms with Crippen LogP contribution in [0.5, 0.6) is 11.6 Å². The normalized spacial score (nSPS) is 10.0. The van der Waals surface area contributed by atoms with Crippen molar-refractivity contribution in [2.75, 3.05) is 30.8 Å². The van der Waals surface area contributed by atoms with Gasteiger partial charge in [-0.2, -0.15) is 0 Å². The molecule has 0 aliphatic heterocycles. The van der Waals surface area contributed by atoms with Gasteiger partial charge in [-0.25, -0.2) is 9.97 Å². The molecule has 100 valence electrons. The number of hydrogen-bond acceptors (Lipinski definition) is 6. The van der Waals surface area contributed by atoms with Gasteiger partial charge in [0.1, 0.15) is 17.9 Å². The summed E-state index contributed by atoms with van der Waals surface area (Å²) in [5.74, 6) is 1.91. The van der Waals surface area contributed by atoms with Gasteiger partial charge in [0.05, 0.1) is 0 Å². The van der Waals surface area contributed by atoms with Crippen LogP contribution in [0.3, 0.4) is 0 Å². The highest BCUT2D eigenvalue weighted by Gasteiger charge is 2.01. The van der Waals surface area contributed by atoms with Crippen LogP contribution < -0.4 is 21.1 Å². The molecule has 1 aromatic carbocycles. The molecule has 0 aliphatic carbocycles. The summed E-state index contributed by atoms with van der Waals surface area (Å²) < 4.78 is 5.65. The molecule has 19 heavy (non-hydrogen) atoms. The smallest absolute Gasteiger partial charge is 0.224 e. The van der Waals surface area contributed by atoms with Crippen molar-refractivity contribution in [2.45, 2.75) is 0 Å². The van der Waals surface area contributed by atoms with Crippen LogP contribution in [0.2, 0.25) is 0 Å². The number of benzene rings is 1. The quantitative estimate of drug-likeness (QED) is 0.732. The fourth-order valence-corrected chi connectivity index (χ4v) is 1.50. The van der Waals surface area contributed by atoms with Crippen molar-refractivity contribution in [2.24, 2.45) is 5.73 Å². The van der Waals surface area contributed by atoms with Crippen molar-refractivity contribution < 1.29 is 4.74 Å². The second kappa shape index (κ2) is 6.55. The average Bonchev–Trinajstić information content (AvgIpc) is 2.46. The lowest BCUT2D eigenvalue weighted by atomic mass is 10.3. The molecule has 0 aliphatic rings. The first-order chi connectivity index (χ1) is 9.31.